The molecule has 0 aliphatic heterocycles. The van der Waals surface area contributed by atoms with Crippen molar-refractivity contribution in [2.45, 2.75) is 19.4 Å². The van der Waals surface area contributed by atoms with Gasteiger partial charge >= 0.3 is 0 Å². The van der Waals surface area contributed by atoms with Crippen molar-refractivity contribution in [1.29, 1.82) is 0 Å². The number of carbonyl (C=O) groups excluding carboxylic acids is 1. The summed E-state index contributed by atoms with van der Waals surface area (Å²) in [5, 5.41) is 5.86. The minimum atomic E-state index is -0.218. The summed E-state index contributed by atoms with van der Waals surface area (Å²) in [6.45, 7) is 5.55. The predicted octanol–water partition coefficient (Wildman–Crippen LogP) is -0.220. The first kappa shape index (κ1) is 17.3. The third-order valence-electron chi connectivity index (χ3n) is 2.33. The van der Waals surface area contributed by atoms with E-state index in [1.165, 1.54) is 0 Å². The monoisotopic (exact) mass is 262 g/mol. The van der Waals surface area contributed by atoms with Gasteiger partial charge in [-0.2, -0.15) is 0 Å². The molecule has 0 rings (SSSR count). The van der Waals surface area contributed by atoms with Gasteiger partial charge in [0.05, 0.1) is 19.3 Å². The summed E-state index contributed by atoms with van der Waals surface area (Å²) in [5.41, 5.74) is 0. The Morgan fingerprint density at radius 1 is 1.06 bits per heavy atom. The van der Waals surface area contributed by atoms with Gasteiger partial charge in [0.25, 0.3) is 0 Å². The highest BCUT2D eigenvalue weighted by Gasteiger charge is 2.10. The molecule has 2 N–H and O–H groups in total. The molecule has 6 heteroatoms. The molecule has 108 valence electrons. The van der Waals surface area contributed by atoms with Crippen LogP contribution in [0.5, 0.6) is 0 Å². The molecule has 0 aromatic heterocycles. The minimum Gasteiger partial charge on any atom is -0.385 e. The van der Waals surface area contributed by atoms with Gasteiger partial charge in [-0.3, -0.25) is 4.79 Å². The van der Waals surface area contributed by atoms with E-state index in [0.29, 0.717) is 39.5 Å². The van der Waals surface area contributed by atoms with E-state index >= 15 is 0 Å². The van der Waals surface area contributed by atoms with Crippen molar-refractivity contribution in [2.75, 3.05) is 53.7 Å². The molecule has 1 atom stereocenters. The number of nitrogens with one attached hydrogen (secondary N) is 2. The highest BCUT2D eigenvalue weighted by molar-refractivity contribution is 5.81. The molecule has 0 saturated carbocycles. The van der Waals surface area contributed by atoms with Gasteiger partial charge < -0.3 is 24.8 Å². The van der Waals surface area contributed by atoms with Crippen LogP contribution in [-0.2, 0) is 19.0 Å². The first-order valence-corrected chi connectivity index (χ1v) is 6.29. The van der Waals surface area contributed by atoms with Crippen molar-refractivity contribution < 1.29 is 19.0 Å². The molecule has 0 aromatic carbocycles. The second kappa shape index (κ2) is 12.8. The van der Waals surface area contributed by atoms with E-state index in [0.717, 1.165) is 6.42 Å². The zero-order valence-corrected chi connectivity index (χ0v) is 11.7. The lowest BCUT2D eigenvalue weighted by Gasteiger charge is -2.13. The summed E-state index contributed by atoms with van der Waals surface area (Å²) >= 11 is 0. The van der Waals surface area contributed by atoms with Crippen LogP contribution in [0.15, 0.2) is 0 Å². The van der Waals surface area contributed by atoms with Gasteiger partial charge in [-0.15, -0.1) is 0 Å². The Labute approximate surface area is 109 Å². The van der Waals surface area contributed by atoms with Gasteiger partial charge in [0.15, 0.2) is 0 Å². The summed E-state index contributed by atoms with van der Waals surface area (Å²) in [6, 6.07) is -0.218. The molecular formula is C12H26N2O4. The van der Waals surface area contributed by atoms with Gasteiger partial charge in [0.2, 0.25) is 5.91 Å². The Hall–Kier alpha value is -0.690. The molecule has 1 amide bonds. The molecule has 0 aliphatic rings. The number of amides is 1. The molecule has 0 aliphatic carbocycles. The van der Waals surface area contributed by atoms with E-state index in [-0.39, 0.29) is 11.9 Å². The van der Waals surface area contributed by atoms with Crippen molar-refractivity contribution in [3.05, 3.63) is 0 Å². The van der Waals surface area contributed by atoms with Crippen LogP contribution in [0.3, 0.4) is 0 Å². The molecule has 0 fully saturated rings. The first-order chi connectivity index (χ1) is 8.72. The van der Waals surface area contributed by atoms with Crippen LogP contribution in [0.4, 0.5) is 0 Å². The van der Waals surface area contributed by atoms with Crippen LogP contribution >= 0.6 is 0 Å². The van der Waals surface area contributed by atoms with Crippen molar-refractivity contribution in [3.8, 4) is 0 Å². The maximum Gasteiger partial charge on any atom is 0.236 e. The van der Waals surface area contributed by atoms with Gasteiger partial charge in [-0.05, 0) is 13.3 Å². The number of hydrogen-bond acceptors (Lipinski definition) is 5. The fourth-order valence-electron chi connectivity index (χ4n) is 1.28. The lowest BCUT2D eigenvalue weighted by atomic mass is 10.3. The Bertz CT molecular complexity index is 203. The molecule has 1 unspecified atom stereocenters. The van der Waals surface area contributed by atoms with Gasteiger partial charge in [0, 0.05) is 40.5 Å². The quantitative estimate of drug-likeness (QED) is 0.476. The zero-order valence-electron chi connectivity index (χ0n) is 11.7. The Kier molecular flexibility index (Phi) is 12.3. The summed E-state index contributed by atoms with van der Waals surface area (Å²) in [6.07, 6.45) is 0.892. The van der Waals surface area contributed by atoms with Crippen LogP contribution in [-0.4, -0.2) is 65.7 Å². The number of carbonyl (C=O) groups is 1. The normalized spacial score (nSPS) is 12.4. The lowest BCUT2D eigenvalue weighted by Crippen LogP contribution is -2.44. The van der Waals surface area contributed by atoms with E-state index in [2.05, 4.69) is 10.6 Å². The van der Waals surface area contributed by atoms with Crippen molar-refractivity contribution in [1.82, 2.24) is 10.6 Å². The molecule has 6 nitrogen and oxygen atoms in total. The second-order valence-corrected chi connectivity index (χ2v) is 3.92. The Morgan fingerprint density at radius 3 is 2.44 bits per heavy atom. The van der Waals surface area contributed by atoms with Crippen LogP contribution in [0.1, 0.15) is 13.3 Å². The number of hydrogen-bond donors (Lipinski definition) is 2. The highest BCUT2D eigenvalue weighted by Crippen LogP contribution is 1.85. The lowest BCUT2D eigenvalue weighted by molar-refractivity contribution is -0.123. The molecule has 0 aromatic rings. The van der Waals surface area contributed by atoms with Crippen LogP contribution in [0, 0.1) is 0 Å². The van der Waals surface area contributed by atoms with E-state index in [1.54, 1.807) is 14.2 Å². The Morgan fingerprint density at radius 2 is 1.78 bits per heavy atom. The van der Waals surface area contributed by atoms with Crippen molar-refractivity contribution in [3.63, 3.8) is 0 Å². The van der Waals surface area contributed by atoms with E-state index in [4.69, 9.17) is 14.2 Å². The third kappa shape index (κ3) is 10.5. The molecule has 0 radical (unpaired) electrons. The molecule has 0 spiro atoms. The second-order valence-electron chi connectivity index (χ2n) is 3.92. The molecule has 0 heterocycles. The SMILES string of the molecule is COCCCOCCNC(C)C(=O)NCCOC. The number of rotatable bonds is 12. The van der Waals surface area contributed by atoms with Gasteiger partial charge in [0.1, 0.15) is 0 Å². The van der Waals surface area contributed by atoms with Crippen LogP contribution < -0.4 is 10.6 Å². The minimum absolute atomic E-state index is 0.0218. The van der Waals surface area contributed by atoms with Gasteiger partial charge in [-0.1, -0.05) is 0 Å². The fraction of sp³-hybridized carbons (Fsp3) is 0.917. The summed E-state index contributed by atoms with van der Waals surface area (Å²) in [4.78, 5) is 11.5. The van der Waals surface area contributed by atoms with Crippen LogP contribution in [0.2, 0.25) is 0 Å². The average molecular weight is 262 g/mol. The zero-order chi connectivity index (χ0) is 13.6. The highest BCUT2D eigenvalue weighted by atomic mass is 16.5. The summed E-state index contributed by atoms with van der Waals surface area (Å²) < 4.78 is 15.1. The number of methoxy groups -OCH3 is 2. The van der Waals surface area contributed by atoms with E-state index in [1.807, 2.05) is 6.92 Å². The number of ether oxygens (including phenoxy) is 3. The fourth-order valence-corrected chi connectivity index (χ4v) is 1.28. The first-order valence-electron chi connectivity index (χ1n) is 6.29. The average Bonchev–Trinajstić information content (AvgIpc) is 2.37. The van der Waals surface area contributed by atoms with Crippen molar-refractivity contribution in [2.24, 2.45) is 0 Å². The van der Waals surface area contributed by atoms with E-state index < -0.39 is 0 Å². The third-order valence-corrected chi connectivity index (χ3v) is 2.33. The summed E-state index contributed by atoms with van der Waals surface area (Å²) in [7, 11) is 3.28. The predicted molar refractivity (Wildman–Crippen MR) is 69.7 cm³/mol. The molecule has 0 bridgehead atoms. The van der Waals surface area contributed by atoms with Gasteiger partial charge in [-0.25, -0.2) is 0 Å². The maximum absolute atomic E-state index is 11.5. The molecule has 0 saturated heterocycles. The molecule has 18 heavy (non-hydrogen) atoms. The van der Waals surface area contributed by atoms with Crippen molar-refractivity contribution >= 4 is 5.91 Å². The smallest absolute Gasteiger partial charge is 0.236 e. The van der Waals surface area contributed by atoms with Crippen LogP contribution in [0.25, 0.3) is 0 Å². The topological polar surface area (TPSA) is 68.8 Å². The van der Waals surface area contributed by atoms with E-state index in [9.17, 15) is 4.79 Å². The Balaban J connectivity index is 3.34. The summed E-state index contributed by atoms with van der Waals surface area (Å²) in [5.74, 6) is -0.0218. The maximum atomic E-state index is 11.5. The largest absolute Gasteiger partial charge is 0.385 e. The standard InChI is InChI=1S/C12H26N2O4/c1-11(12(15)14-5-9-17-3)13-6-10-18-8-4-7-16-2/h11,13H,4-10H2,1-3H3,(H,14,15). The molecular weight excluding hydrogens is 236 g/mol.